The highest BCUT2D eigenvalue weighted by molar-refractivity contribution is 5.44. The predicted molar refractivity (Wildman–Crippen MR) is 53.5 cm³/mol. The molecule has 0 saturated carbocycles. The zero-order valence-electron chi connectivity index (χ0n) is 9.22. The molecule has 1 aromatic carbocycles. The van der Waals surface area contributed by atoms with Crippen molar-refractivity contribution in [2.45, 2.75) is 26.1 Å². The average molecular weight is 234 g/mol. The molecule has 5 heteroatoms. The van der Waals surface area contributed by atoms with Crippen LogP contribution in [0.3, 0.4) is 0 Å². The molecule has 90 valence electrons. The van der Waals surface area contributed by atoms with Gasteiger partial charge in [0.1, 0.15) is 5.75 Å². The van der Waals surface area contributed by atoms with Gasteiger partial charge < -0.3 is 9.84 Å². The van der Waals surface area contributed by atoms with Crippen molar-refractivity contribution in [1.29, 1.82) is 0 Å². The molecule has 0 aliphatic rings. The Bertz CT molecular complexity index is 362. The van der Waals surface area contributed by atoms with Crippen LogP contribution in [-0.4, -0.2) is 18.4 Å². The third-order valence-corrected chi connectivity index (χ3v) is 2.31. The monoisotopic (exact) mass is 234 g/mol. The quantitative estimate of drug-likeness (QED) is 0.852. The lowest BCUT2D eigenvalue weighted by Gasteiger charge is -2.17. The summed E-state index contributed by atoms with van der Waals surface area (Å²) in [6.07, 6.45) is -7.09. The molecule has 0 spiro atoms. The van der Waals surface area contributed by atoms with Crippen LogP contribution >= 0.6 is 0 Å². The minimum atomic E-state index is -4.65. The molecule has 1 rings (SSSR count). The molecule has 0 radical (unpaired) electrons. The van der Waals surface area contributed by atoms with Gasteiger partial charge in [-0.25, -0.2) is 0 Å². The van der Waals surface area contributed by atoms with Gasteiger partial charge in [0, 0.05) is 0 Å². The number of ether oxygens (including phenoxy) is 1. The molecular formula is C11H13F3O2. The van der Waals surface area contributed by atoms with Crippen LogP contribution in [0.1, 0.15) is 22.8 Å². The van der Waals surface area contributed by atoms with Gasteiger partial charge in [0.15, 0.2) is 6.10 Å². The van der Waals surface area contributed by atoms with E-state index in [-0.39, 0.29) is 5.56 Å². The van der Waals surface area contributed by atoms with Gasteiger partial charge in [-0.1, -0.05) is 0 Å². The van der Waals surface area contributed by atoms with Crippen LogP contribution in [0.4, 0.5) is 13.2 Å². The van der Waals surface area contributed by atoms with Crippen LogP contribution in [-0.2, 0) is 0 Å². The van der Waals surface area contributed by atoms with Gasteiger partial charge in [0.05, 0.1) is 7.11 Å². The maximum Gasteiger partial charge on any atom is 0.418 e. The van der Waals surface area contributed by atoms with Gasteiger partial charge in [-0.15, -0.1) is 0 Å². The maximum atomic E-state index is 12.3. The SMILES string of the molecule is COc1c(C)cc([C@@H](O)C(F)(F)F)cc1C. The summed E-state index contributed by atoms with van der Waals surface area (Å²) in [6, 6.07) is 2.56. The van der Waals surface area contributed by atoms with Crippen molar-refractivity contribution in [3.05, 3.63) is 28.8 Å². The first-order chi connectivity index (χ1) is 7.27. The van der Waals surface area contributed by atoms with Crippen molar-refractivity contribution in [3.63, 3.8) is 0 Å². The Hall–Kier alpha value is -1.23. The van der Waals surface area contributed by atoms with Crippen molar-refractivity contribution in [3.8, 4) is 5.75 Å². The second-order valence-corrected chi connectivity index (χ2v) is 3.63. The van der Waals surface area contributed by atoms with E-state index in [4.69, 9.17) is 9.84 Å². The zero-order valence-corrected chi connectivity index (χ0v) is 9.22. The standard InChI is InChI=1S/C11H13F3O2/c1-6-4-8(10(15)11(12,13)14)5-7(2)9(6)16-3/h4-5,10,15H,1-3H3/t10-/m1/s1. The maximum absolute atomic E-state index is 12.3. The lowest BCUT2D eigenvalue weighted by Crippen LogP contribution is -2.20. The summed E-state index contributed by atoms with van der Waals surface area (Å²) in [6.45, 7) is 3.27. The van der Waals surface area contributed by atoms with Crippen LogP contribution in [0.2, 0.25) is 0 Å². The first kappa shape index (κ1) is 12.8. The van der Waals surface area contributed by atoms with Gasteiger partial charge in [0.2, 0.25) is 0 Å². The number of halogens is 3. The average Bonchev–Trinajstić information content (AvgIpc) is 2.14. The van der Waals surface area contributed by atoms with E-state index in [9.17, 15) is 13.2 Å². The minimum Gasteiger partial charge on any atom is -0.496 e. The Morgan fingerprint density at radius 3 is 1.94 bits per heavy atom. The smallest absolute Gasteiger partial charge is 0.418 e. The van der Waals surface area contributed by atoms with Crippen molar-refractivity contribution in [1.82, 2.24) is 0 Å². The number of aryl methyl sites for hydroxylation is 2. The molecule has 0 saturated heterocycles. The summed E-state index contributed by atoms with van der Waals surface area (Å²) < 4.78 is 41.9. The molecule has 2 nitrogen and oxygen atoms in total. The third kappa shape index (κ3) is 2.47. The lowest BCUT2D eigenvalue weighted by molar-refractivity contribution is -0.206. The summed E-state index contributed by atoms with van der Waals surface area (Å²) in [5.74, 6) is 0.540. The Morgan fingerprint density at radius 1 is 1.19 bits per heavy atom. The Kier molecular flexibility index (Phi) is 3.48. The van der Waals surface area contributed by atoms with E-state index in [1.165, 1.54) is 19.2 Å². The van der Waals surface area contributed by atoms with Crippen LogP contribution in [0.25, 0.3) is 0 Å². The summed E-state index contributed by atoms with van der Waals surface area (Å²) in [5.41, 5.74) is 0.977. The second-order valence-electron chi connectivity index (χ2n) is 3.63. The zero-order chi connectivity index (χ0) is 12.5. The molecule has 1 aromatic rings. The molecule has 0 amide bonds. The van der Waals surface area contributed by atoms with E-state index in [2.05, 4.69) is 0 Å². The van der Waals surface area contributed by atoms with Crippen LogP contribution in [0.5, 0.6) is 5.75 Å². The fourth-order valence-corrected chi connectivity index (χ4v) is 1.65. The molecule has 16 heavy (non-hydrogen) atoms. The van der Waals surface area contributed by atoms with E-state index in [1.54, 1.807) is 13.8 Å². The first-order valence-electron chi connectivity index (χ1n) is 4.67. The van der Waals surface area contributed by atoms with E-state index < -0.39 is 12.3 Å². The summed E-state index contributed by atoms with van der Waals surface area (Å²) >= 11 is 0. The first-order valence-corrected chi connectivity index (χ1v) is 4.67. The number of methoxy groups -OCH3 is 1. The van der Waals surface area contributed by atoms with Crippen LogP contribution in [0.15, 0.2) is 12.1 Å². The van der Waals surface area contributed by atoms with E-state index in [0.717, 1.165) is 0 Å². The largest absolute Gasteiger partial charge is 0.496 e. The predicted octanol–water partition coefficient (Wildman–Crippen LogP) is 2.91. The van der Waals surface area contributed by atoms with Crippen LogP contribution < -0.4 is 4.74 Å². The Balaban J connectivity index is 3.19. The van der Waals surface area contributed by atoms with Gasteiger partial charge in [0.25, 0.3) is 0 Å². The molecular weight excluding hydrogens is 221 g/mol. The normalized spacial score (nSPS) is 13.7. The molecule has 0 aromatic heterocycles. The van der Waals surface area contributed by atoms with Gasteiger partial charge >= 0.3 is 6.18 Å². The highest BCUT2D eigenvalue weighted by Gasteiger charge is 2.39. The lowest BCUT2D eigenvalue weighted by atomic mass is 10.0. The minimum absolute atomic E-state index is 0.164. The summed E-state index contributed by atoms with van der Waals surface area (Å²) in [4.78, 5) is 0. The molecule has 0 aliphatic heterocycles. The molecule has 1 atom stereocenters. The molecule has 0 unspecified atom stereocenters. The number of alkyl halides is 3. The molecule has 0 aliphatic carbocycles. The third-order valence-electron chi connectivity index (χ3n) is 2.31. The summed E-state index contributed by atoms with van der Waals surface area (Å²) in [5, 5.41) is 9.10. The molecule has 0 fully saturated rings. The van der Waals surface area contributed by atoms with E-state index >= 15 is 0 Å². The number of benzene rings is 1. The van der Waals surface area contributed by atoms with Gasteiger partial charge in [-0.3, -0.25) is 0 Å². The van der Waals surface area contributed by atoms with Crippen molar-refractivity contribution >= 4 is 0 Å². The molecule has 1 N–H and O–H groups in total. The van der Waals surface area contributed by atoms with Gasteiger partial charge in [-0.05, 0) is 42.7 Å². The number of aliphatic hydroxyl groups is 1. The Labute approximate surface area is 91.7 Å². The van der Waals surface area contributed by atoms with E-state index in [1.807, 2.05) is 0 Å². The van der Waals surface area contributed by atoms with Crippen LogP contribution in [0, 0.1) is 13.8 Å². The fraction of sp³-hybridized carbons (Fsp3) is 0.455. The fourth-order valence-electron chi connectivity index (χ4n) is 1.65. The molecule has 0 bridgehead atoms. The number of rotatable bonds is 2. The van der Waals surface area contributed by atoms with Crippen molar-refractivity contribution in [2.24, 2.45) is 0 Å². The van der Waals surface area contributed by atoms with Gasteiger partial charge in [-0.2, -0.15) is 13.2 Å². The summed E-state index contributed by atoms with van der Waals surface area (Å²) in [7, 11) is 1.45. The number of hydrogen-bond acceptors (Lipinski definition) is 2. The van der Waals surface area contributed by atoms with Crippen molar-refractivity contribution < 1.29 is 23.0 Å². The number of hydrogen-bond donors (Lipinski definition) is 1. The van der Waals surface area contributed by atoms with E-state index in [0.29, 0.717) is 16.9 Å². The highest BCUT2D eigenvalue weighted by Crippen LogP contribution is 2.35. The number of aliphatic hydroxyl groups excluding tert-OH is 1. The molecule has 0 heterocycles. The second kappa shape index (κ2) is 4.33. The highest BCUT2D eigenvalue weighted by atomic mass is 19.4. The van der Waals surface area contributed by atoms with Crippen molar-refractivity contribution in [2.75, 3.05) is 7.11 Å². The topological polar surface area (TPSA) is 29.5 Å². The Morgan fingerprint density at radius 2 is 1.62 bits per heavy atom.